The van der Waals surface area contributed by atoms with Crippen LogP contribution < -0.4 is 0 Å². The fourth-order valence-corrected chi connectivity index (χ4v) is 4.76. The maximum Gasteiger partial charge on any atom is 0.250 e. The van der Waals surface area contributed by atoms with Crippen molar-refractivity contribution in [1.82, 2.24) is 19.7 Å². The minimum atomic E-state index is -3.82. The minimum absolute atomic E-state index is 0.0652. The molecule has 1 saturated carbocycles. The molecule has 0 atom stereocenters. The smallest absolute Gasteiger partial charge is 0.250 e. The summed E-state index contributed by atoms with van der Waals surface area (Å²) >= 11 is 0. The molecule has 1 aliphatic carbocycles. The SMILES string of the molecule is O=S(=O)(Cc1coc(-c2ccc(F)cc2)n1)c1nnc(C2CC2)n1Cc1ccccc1. The van der Waals surface area contributed by atoms with Crippen LogP contribution >= 0.6 is 0 Å². The monoisotopic (exact) mass is 438 g/mol. The Morgan fingerprint density at radius 2 is 1.77 bits per heavy atom. The summed E-state index contributed by atoms with van der Waals surface area (Å²) in [6.07, 6.45) is 3.27. The predicted octanol–water partition coefficient (Wildman–Crippen LogP) is 3.97. The predicted molar refractivity (Wildman–Crippen MR) is 110 cm³/mol. The molecule has 2 aromatic heterocycles. The highest BCUT2D eigenvalue weighted by atomic mass is 32.2. The first kappa shape index (κ1) is 19.6. The summed E-state index contributed by atoms with van der Waals surface area (Å²) in [7, 11) is -3.82. The highest BCUT2D eigenvalue weighted by Crippen LogP contribution is 2.40. The highest BCUT2D eigenvalue weighted by Gasteiger charge is 2.34. The zero-order valence-corrected chi connectivity index (χ0v) is 17.3. The van der Waals surface area contributed by atoms with Gasteiger partial charge in [0, 0.05) is 11.5 Å². The van der Waals surface area contributed by atoms with Crippen LogP contribution in [0.1, 0.15) is 35.8 Å². The fraction of sp³-hybridized carbons (Fsp3) is 0.227. The molecule has 158 valence electrons. The van der Waals surface area contributed by atoms with E-state index in [1.54, 1.807) is 4.57 Å². The first-order chi connectivity index (χ1) is 15.0. The van der Waals surface area contributed by atoms with Gasteiger partial charge in [0.2, 0.25) is 20.9 Å². The number of halogens is 1. The van der Waals surface area contributed by atoms with Crippen molar-refractivity contribution < 1.29 is 17.2 Å². The Balaban J connectivity index is 1.44. The van der Waals surface area contributed by atoms with Gasteiger partial charge in [-0.2, -0.15) is 0 Å². The van der Waals surface area contributed by atoms with E-state index in [1.807, 2.05) is 30.3 Å². The summed E-state index contributed by atoms with van der Waals surface area (Å²) in [4.78, 5) is 4.26. The maximum atomic E-state index is 13.2. The highest BCUT2D eigenvalue weighted by molar-refractivity contribution is 7.90. The topological polar surface area (TPSA) is 90.9 Å². The summed E-state index contributed by atoms with van der Waals surface area (Å²) in [5.74, 6) is 0.443. The van der Waals surface area contributed by atoms with Crippen LogP contribution in [-0.4, -0.2) is 28.2 Å². The van der Waals surface area contributed by atoms with Crippen molar-refractivity contribution in [2.75, 3.05) is 0 Å². The molecule has 2 heterocycles. The summed E-state index contributed by atoms with van der Waals surface area (Å²) in [5, 5.41) is 8.17. The molecule has 0 saturated heterocycles. The van der Waals surface area contributed by atoms with E-state index in [4.69, 9.17) is 4.42 Å². The Morgan fingerprint density at radius 3 is 2.48 bits per heavy atom. The van der Waals surface area contributed by atoms with E-state index in [2.05, 4.69) is 15.2 Å². The van der Waals surface area contributed by atoms with Crippen molar-refractivity contribution in [2.24, 2.45) is 0 Å². The lowest BCUT2D eigenvalue weighted by atomic mass is 10.2. The first-order valence-electron chi connectivity index (χ1n) is 9.90. The molecule has 0 N–H and O–H groups in total. The molecule has 2 aromatic carbocycles. The number of benzene rings is 2. The number of hydrogen-bond acceptors (Lipinski definition) is 6. The van der Waals surface area contributed by atoms with E-state index in [0.29, 0.717) is 17.9 Å². The van der Waals surface area contributed by atoms with Gasteiger partial charge in [-0.1, -0.05) is 30.3 Å². The minimum Gasteiger partial charge on any atom is -0.444 e. The quantitative estimate of drug-likeness (QED) is 0.434. The van der Waals surface area contributed by atoms with Gasteiger partial charge < -0.3 is 4.42 Å². The maximum absolute atomic E-state index is 13.2. The number of rotatable bonds is 7. The molecule has 1 fully saturated rings. The number of aromatic nitrogens is 4. The second kappa shape index (κ2) is 7.73. The van der Waals surface area contributed by atoms with Crippen molar-refractivity contribution in [1.29, 1.82) is 0 Å². The van der Waals surface area contributed by atoms with Crippen molar-refractivity contribution in [3.05, 3.63) is 83.8 Å². The van der Waals surface area contributed by atoms with E-state index in [9.17, 15) is 12.8 Å². The summed E-state index contributed by atoms with van der Waals surface area (Å²) in [6.45, 7) is 0.383. The van der Waals surface area contributed by atoms with Gasteiger partial charge in [-0.25, -0.2) is 17.8 Å². The Bertz CT molecular complexity index is 1310. The largest absolute Gasteiger partial charge is 0.444 e. The molecule has 7 nitrogen and oxygen atoms in total. The van der Waals surface area contributed by atoms with Gasteiger partial charge in [0.05, 0.1) is 12.2 Å². The summed E-state index contributed by atoms with van der Waals surface area (Å²) < 4.78 is 46.6. The third kappa shape index (κ3) is 4.13. The van der Waals surface area contributed by atoms with Crippen LogP contribution in [0, 0.1) is 5.82 Å². The Hall–Kier alpha value is -3.33. The molecule has 0 spiro atoms. The van der Waals surface area contributed by atoms with Crippen LogP contribution in [0.15, 0.2) is 70.4 Å². The van der Waals surface area contributed by atoms with Gasteiger partial charge in [-0.15, -0.1) is 10.2 Å². The van der Waals surface area contributed by atoms with Crippen LogP contribution in [-0.2, 0) is 22.1 Å². The number of sulfone groups is 1. The second-order valence-corrected chi connectivity index (χ2v) is 9.48. The van der Waals surface area contributed by atoms with E-state index in [-0.39, 0.29) is 34.2 Å². The van der Waals surface area contributed by atoms with Crippen LogP contribution in [0.25, 0.3) is 11.5 Å². The molecular weight excluding hydrogens is 419 g/mol. The second-order valence-electron chi connectivity index (χ2n) is 7.60. The van der Waals surface area contributed by atoms with Crippen molar-refractivity contribution in [3.63, 3.8) is 0 Å². The average Bonchev–Trinajstić information content (AvgIpc) is 3.35. The van der Waals surface area contributed by atoms with E-state index < -0.39 is 9.84 Å². The zero-order chi connectivity index (χ0) is 21.4. The van der Waals surface area contributed by atoms with Gasteiger partial charge in [0.1, 0.15) is 23.7 Å². The Labute approximate surface area is 178 Å². The van der Waals surface area contributed by atoms with E-state index in [1.165, 1.54) is 30.5 Å². The number of oxazole rings is 1. The number of nitrogens with zero attached hydrogens (tertiary/aromatic N) is 4. The molecule has 0 aliphatic heterocycles. The van der Waals surface area contributed by atoms with Crippen molar-refractivity contribution in [3.8, 4) is 11.5 Å². The molecule has 0 radical (unpaired) electrons. The van der Waals surface area contributed by atoms with Gasteiger partial charge in [0.15, 0.2) is 0 Å². The summed E-state index contributed by atoms with van der Waals surface area (Å²) in [5.41, 5.74) is 1.79. The zero-order valence-electron chi connectivity index (χ0n) is 16.5. The molecular formula is C22H19FN4O3S. The molecule has 9 heteroatoms. The van der Waals surface area contributed by atoms with E-state index in [0.717, 1.165) is 18.4 Å². The lowest BCUT2D eigenvalue weighted by Gasteiger charge is -2.10. The molecule has 0 amide bonds. The first-order valence-corrected chi connectivity index (χ1v) is 11.5. The third-order valence-electron chi connectivity index (χ3n) is 5.13. The summed E-state index contributed by atoms with van der Waals surface area (Å²) in [6, 6.07) is 15.3. The van der Waals surface area contributed by atoms with Gasteiger partial charge in [-0.3, -0.25) is 4.57 Å². The lowest BCUT2D eigenvalue weighted by molar-refractivity contribution is 0.563. The molecule has 0 unspecified atom stereocenters. The average molecular weight is 438 g/mol. The van der Waals surface area contributed by atoms with Crippen LogP contribution in [0.5, 0.6) is 0 Å². The Kier molecular flexibility index (Phi) is 4.90. The molecule has 4 aromatic rings. The third-order valence-corrected chi connectivity index (χ3v) is 6.66. The normalized spacial score (nSPS) is 14.1. The van der Waals surface area contributed by atoms with Gasteiger partial charge in [-0.05, 0) is 42.7 Å². The van der Waals surface area contributed by atoms with Gasteiger partial charge >= 0.3 is 0 Å². The van der Waals surface area contributed by atoms with Gasteiger partial charge in [0.25, 0.3) is 0 Å². The van der Waals surface area contributed by atoms with Crippen molar-refractivity contribution in [2.45, 2.75) is 36.2 Å². The van der Waals surface area contributed by atoms with Crippen LogP contribution in [0.3, 0.4) is 0 Å². The standard InChI is InChI=1S/C22H19FN4O3S/c23-18-10-8-17(9-11-18)21-24-19(13-30-21)14-31(28,29)22-26-25-20(16-6-7-16)27(22)12-15-4-2-1-3-5-15/h1-5,8-11,13,16H,6-7,12,14H2. The Morgan fingerprint density at radius 1 is 1.03 bits per heavy atom. The molecule has 0 bridgehead atoms. The van der Waals surface area contributed by atoms with Crippen LogP contribution in [0.2, 0.25) is 0 Å². The molecule has 1 aliphatic rings. The molecule has 31 heavy (non-hydrogen) atoms. The number of hydrogen-bond donors (Lipinski definition) is 0. The fourth-order valence-electron chi connectivity index (χ4n) is 3.45. The van der Waals surface area contributed by atoms with Crippen molar-refractivity contribution >= 4 is 9.84 Å². The van der Waals surface area contributed by atoms with Crippen LogP contribution in [0.4, 0.5) is 4.39 Å². The van der Waals surface area contributed by atoms with E-state index >= 15 is 0 Å². The lowest BCUT2D eigenvalue weighted by Crippen LogP contribution is -2.15. The molecule has 5 rings (SSSR count).